The van der Waals surface area contributed by atoms with Gasteiger partial charge in [0.05, 0.1) is 6.61 Å². The molecule has 1 aromatic rings. The van der Waals surface area contributed by atoms with Gasteiger partial charge in [-0.15, -0.1) is 0 Å². The van der Waals surface area contributed by atoms with Crippen molar-refractivity contribution >= 4 is 15.9 Å². The minimum Gasteiger partial charge on any atom is -0.493 e. The normalized spacial score (nSPS) is 13.6. The molecule has 0 saturated heterocycles. The van der Waals surface area contributed by atoms with Gasteiger partial charge in [-0.25, -0.2) is 0 Å². The van der Waals surface area contributed by atoms with Gasteiger partial charge in [0, 0.05) is 11.2 Å². The summed E-state index contributed by atoms with van der Waals surface area (Å²) in [6.45, 7) is 12.0. The first-order valence-corrected chi connectivity index (χ1v) is 8.32. The zero-order valence-electron chi connectivity index (χ0n) is 12.9. The first kappa shape index (κ1) is 16.6. The molecule has 1 rings (SSSR count). The number of hydrogen-bond acceptors (Lipinski definition) is 1. The summed E-state index contributed by atoms with van der Waals surface area (Å²) in [6, 6.07) is 8.57. The van der Waals surface area contributed by atoms with Crippen LogP contribution in [0.15, 0.2) is 24.3 Å². The van der Waals surface area contributed by atoms with E-state index < -0.39 is 0 Å². The van der Waals surface area contributed by atoms with E-state index in [1.165, 1.54) is 5.56 Å². The summed E-state index contributed by atoms with van der Waals surface area (Å²) in [5, 5.41) is 0.992. The van der Waals surface area contributed by atoms with E-state index in [9.17, 15) is 0 Å². The first-order valence-electron chi connectivity index (χ1n) is 7.20. The van der Waals surface area contributed by atoms with Crippen molar-refractivity contribution < 1.29 is 4.74 Å². The highest BCUT2D eigenvalue weighted by molar-refractivity contribution is 9.09. The van der Waals surface area contributed by atoms with E-state index in [1.54, 1.807) is 0 Å². The van der Waals surface area contributed by atoms with Crippen LogP contribution < -0.4 is 4.74 Å². The maximum Gasteiger partial charge on any atom is 0.119 e. The minimum absolute atomic E-state index is 0.245. The molecule has 1 unspecified atom stereocenters. The van der Waals surface area contributed by atoms with Gasteiger partial charge in [-0.05, 0) is 35.4 Å². The summed E-state index contributed by atoms with van der Waals surface area (Å²) >= 11 is 3.56. The Hall–Kier alpha value is -0.500. The average molecular weight is 327 g/mol. The van der Waals surface area contributed by atoms with E-state index >= 15 is 0 Å². The molecule has 1 aromatic carbocycles. The second kappa shape index (κ2) is 7.33. The lowest BCUT2D eigenvalue weighted by molar-refractivity contribution is 0.227. The Morgan fingerprint density at radius 1 is 1.16 bits per heavy atom. The van der Waals surface area contributed by atoms with Crippen molar-refractivity contribution in [3.8, 4) is 5.75 Å². The van der Waals surface area contributed by atoms with E-state index in [0.717, 1.165) is 24.1 Å². The van der Waals surface area contributed by atoms with E-state index in [2.05, 4.69) is 74.8 Å². The molecule has 0 N–H and O–H groups in total. The van der Waals surface area contributed by atoms with Crippen molar-refractivity contribution in [2.24, 2.45) is 11.8 Å². The maximum atomic E-state index is 5.89. The van der Waals surface area contributed by atoms with Crippen molar-refractivity contribution in [3.63, 3.8) is 0 Å². The zero-order chi connectivity index (χ0) is 14.5. The number of rotatable bonds is 7. The second-order valence-corrected chi connectivity index (χ2v) is 6.88. The fraction of sp³-hybridized carbons (Fsp3) is 0.647. The van der Waals surface area contributed by atoms with Gasteiger partial charge in [0.15, 0.2) is 0 Å². The molecular weight excluding hydrogens is 300 g/mol. The Morgan fingerprint density at radius 3 is 2.16 bits per heavy atom. The molecule has 0 aromatic heterocycles. The fourth-order valence-electron chi connectivity index (χ4n) is 1.82. The van der Waals surface area contributed by atoms with Gasteiger partial charge in [0.2, 0.25) is 0 Å². The Balaban J connectivity index is 2.62. The Labute approximate surface area is 126 Å². The highest BCUT2D eigenvalue weighted by atomic mass is 79.9. The topological polar surface area (TPSA) is 9.23 Å². The summed E-state index contributed by atoms with van der Waals surface area (Å²) in [5.41, 5.74) is 1.62. The molecule has 19 heavy (non-hydrogen) atoms. The number of alkyl halides is 1. The summed E-state index contributed by atoms with van der Waals surface area (Å²) in [7, 11) is 0. The van der Waals surface area contributed by atoms with Crippen molar-refractivity contribution in [1.82, 2.24) is 0 Å². The lowest BCUT2D eigenvalue weighted by Crippen LogP contribution is -2.19. The van der Waals surface area contributed by atoms with Crippen molar-refractivity contribution in [3.05, 3.63) is 29.8 Å². The molecule has 0 heterocycles. The molecule has 0 amide bonds. The molecule has 0 aliphatic heterocycles. The minimum atomic E-state index is 0.245. The van der Waals surface area contributed by atoms with Gasteiger partial charge >= 0.3 is 0 Å². The van der Waals surface area contributed by atoms with Gasteiger partial charge in [-0.1, -0.05) is 62.7 Å². The summed E-state index contributed by atoms with van der Waals surface area (Å²) in [4.78, 5) is 0. The van der Waals surface area contributed by atoms with Crippen molar-refractivity contribution in [2.45, 2.75) is 46.5 Å². The molecule has 0 fully saturated rings. The van der Waals surface area contributed by atoms with Crippen LogP contribution in [-0.4, -0.2) is 11.9 Å². The number of benzene rings is 1. The lowest BCUT2D eigenvalue weighted by atomic mass is 9.82. The summed E-state index contributed by atoms with van der Waals surface area (Å²) < 4.78 is 5.89. The predicted molar refractivity (Wildman–Crippen MR) is 87.4 cm³/mol. The smallest absolute Gasteiger partial charge is 0.119 e. The van der Waals surface area contributed by atoms with Crippen LogP contribution in [0.3, 0.4) is 0 Å². The number of halogens is 1. The molecule has 0 saturated carbocycles. The molecule has 2 heteroatoms. The first-order chi connectivity index (χ1) is 8.90. The Morgan fingerprint density at radius 2 is 1.74 bits per heavy atom. The molecule has 0 aliphatic carbocycles. The van der Waals surface area contributed by atoms with Crippen LogP contribution in [0, 0.1) is 11.8 Å². The van der Waals surface area contributed by atoms with Crippen LogP contribution >= 0.6 is 15.9 Å². The van der Waals surface area contributed by atoms with E-state index in [1.807, 2.05) is 0 Å². The molecular formula is C17H27BrO. The zero-order valence-corrected chi connectivity index (χ0v) is 14.5. The number of hydrogen-bond donors (Lipinski definition) is 0. The van der Waals surface area contributed by atoms with Crippen LogP contribution in [-0.2, 0) is 5.41 Å². The largest absolute Gasteiger partial charge is 0.493 e. The quantitative estimate of drug-likeness (QED) is 0.608. The molecule has 0 radical (unpaired) electrons. The van der Waals surface area contributed by atoms with Crippen LogP contribution in [0.1, 0.15) is 46.6 Å². The predicted octanol–water partition coefficient (Wildman–Crippen LogP) is 5.42. The molecule has 0 aliphatic rings. The monoisotopic (exact) mass is 326 g/mol. The lowest BCUT2D eigenvalue weighted by Gasteiger charge is -2.24. The van der Waals surface area contributed by atoms with Crippen molar-refractivity contribution in [2.75, 3.05) is 11.9 Å². The Bertz CT molecular complexity index is 367. The Kier molecular flexibility index (Phi) is 6.38. The maximum absolute atomic E-state index is 5.89. The molecule has 0 bridgehead atoms. The summed E-state index contributed by atoms with van der Waals surface area (Å²) in [6.07, 6.45) is 1.15. The van der Waals surface area contributed by atoms with Crippen LogP contribution in [0.2, 0.25) is 0 Å². The average Bonchev–Trinajstić information content (AvgIpc) is 2.39. The van der Waals surface area contributed by atoms with Crippen LogP contribution in [0.25, 0.3) is 0 Å². The molecule has 0 spiro atoms. The van der Waals surface area contributed by atoms with E-state index in [0.29, 0.717) is 11.8 Å². The van der Waals surface area contributed by atoms with Gasteiger partial charge < -0.3 is 4.74 Å². The molecule has 1 nitrogen and oxygen atoms in total. The summed E-state index contributed by atoms with van der Waals surface area (Å²) in [5.74, 6) is 2.17. The van der Waals surface area contributed by atoms with Crippen LogP contribution in [0.4, 0.5) is 0 Å². The van der Waals surface area contributed by atoms with Gasteiger partial charge in [0.25, 0.3) is 0 Å². The van der Waals surface area contributed by atoms with Gasteiger partial charge in [-0.3, -0.25) is 0 Å². The third-order valence-electron chi connectivity index (χ3n) is 4.12. The van der Waals surface area contributed by atoms with E-state index in [-0.39, 0.29) is 5.41 Å². The number of ether oxygens (including phenoxy) is 1. The van der Waals surface area contributed by atoms with Gasteiger partial charge in [-0.2, -0.15) is 0 Å². The van der Waals surface area contributed by atoms with Gasteiger partial charge in [0.1, 0.15) is 5.75 Å². The highest BCUT2D eigenvalue weighted by Gasteiger charge is 2.18. The third kappa shape index (κ3) is 4.83. The van der Waals surface area contributed by atoms with E-state index in [4.69, 9.17) is 4.74 Å². The van der Waals surface area contributed by atoms with Crippen molar-refractivity contribution in [1.29, 1.82) is 0 Å². The highest BCUT2D eigenvalue weighted by Crippen LogP contribution is 2.28. The SMILES string of the molecule is CCC(C)(C)c1ccc(OCC(CBr)C(C)C)cc1. The third-order valence-corrected chi connectivity index (χ3v) is 4.96. The second-order valence-electron chi connectivity index (χ2n) is 6.23. The standard InChI is InChI=1S/C17H27BrO/c1-6-17(4,5)15-7-9-16(10-8-15)19-12-14(11-18)13(2)3/h7-10,13-14H,6,11-12H2,1-5H3. The van der Waals surface area contributed by atoms with Crippen LogP contribution in [0.5, 0.6) is 5.75 Å². The molecule has 108 valence electrons. The molecule has 1 atom stereocenters. The fourth-order valence-corrected chi connectivity index (χ4v) is 2.76.